The summed E-state index contributed by atoms with van der Waals surface area (Å²) < 4.78 is 12.1. The molecule has 3 atom stereocenters. The Hall–Kier alpha value is -0.670. The van der Waals surface area contributed by atoms with E-state index in [1.54, 1.807) is 0 Å². The fourth-order valence-corrected chi connectivity index (χ4v) is 5.38. The molecule has 1 aliphatic heterocycles. The zero-order valence-corrected chi connectivity index (χ0v) is 12.0. The Morgan fingerprint density at radius 1 is 1.21 bits per heavy atom. The van der Waals surface area contributed by atoms with Gasteiger partial charge in [0.15, 0.2) is 11.6 Å². The van der Waals surface area contributed by atoms with Crippen molar-refractivity contribution in [3.05, 3.63) is 11.6 Å². The number of hydrogen-bond acceptors (Lipinski definition) is 3. The van der Waals surface area contributed by atoms with Crippen molar-refractivity contribution in [3.8, 4) is 0 Å². The summed E-state index contributed by atoms with van der Waals surface area (Å²) >= 11 is 0. The minimum atomic E-state index is -0.372. The van der Waals surface area contributed by atoms with Gasteiger partial charge in [-0.15, -0.1) is 0 Å². The first-order chi connectivity index (χ1) is 8.92. The fraction of sp³-hybridized carbons (Fsp3) is 0.812. The van der Waals surface area contributed by atoms with Gasteiger partial charge >= 0.3 is 0 Å². The first kappa shape index (κ1) is 12.1. The van der Waals surface area contributed by atoms with E-state index in [-0.39, 0.29) is 22.5 Å². The van der Waals surface area contributed by atoms with Crippen LogP contribution in [0.25, 0.3) is 0 Å². The van der Waals surface area contributed by atoms with E-state index in [9.17, 15) is 4.79 Å². The molecule has 104 valence electrons. The van der Waals surface area contributed by atoms with E-state index in [4.69, 9.17) is 9.47 Å². The lowest BCUT2D eigenvalue weighted by Gasteiger charge is -2.44. The van der Waals surface area contributed by atoms with E-state index >= 15 is 0 Å². The second kappa shape index (κ2) is 3.32. The molecule has 3 heteroatoms. The topological polar surface area (TPSA) is 35.5 Å². The highest BCUT2D eigenvalue weighted by Crippen LogP contribution is 2.71. The van der Waals surface area contributed by atoms with Crippen molar-refractivity contribution < 1.29 is 14.3 Å². The van der Waals surface area contributed by atoms with Crippen molar-refractivity contribution in [3.63, 3.8) is 0 Å². The molecule has 4 rings (SSSR count). The van der Waals surface area contributed by atoms with Crippen molar-refractivity contribution >= 4 is 5.78 Å². The van der Waals surface area contributed by atoms with E-state index in [2.05, 4.69) is 20.8 Å². The van der Waals surface area contributed by atoms with Crippen LogP contribution in [0, 0.1) is 22.7 Å². The van der Waals surface area contributed by atoms with E-state index in [0.717, 1.165) is 19.3 Å². The van der Waals surface area contributed by atoms with Crippen LogP contribution in [0.15, 0.2) is 11.6 Å². The van der Waals surface area contributed by atoms with Gasteiger partial charge in [0.05, 0.1) is 13.2 Å². The van der Waals surface area contributed by atoms with Crippen molar-refractivity contribution in [1.29, 1.82) is 0 Å². The van der Waals surface area contributed by atoms with Crippen molar-refractivity contribution in [2.75, 3.05) is 13.2 Å². The van der Waals surface area contributed by atoms with Gasteiger partial charge < -0.3 is 9.47 Å². The molecule has 0 amide bonds. The highest BCUT2D eigenvalue weighted by Gasteiger charge is 2.69. The molecule has 1 heterocycles. The van der Waals surface area contributed by atoms with Crippen LogP contribution in [0.5, 0.6) is 0 Å². The molecule has 4 aliphatic rings. The van der Waals surface area contributed by atoms with Gasteiger partial charge in [-0.1, -0.05) is 26.3 Å². The molecule has 3 aliphatic carbocycles. The summed E-state index contributed by atoms with van der Waals surface area (Å²) in [5, 5.41) is 0. The fourth-order valence-electron chi connectivity index (χ4n) is 5.38. The van der Waals surface area contributed by atoms with Crippen LogP contribution < -0.4 is 0 Å². The highest BCUT2D eigenvalue weighted by atomic mass is 16.7. The number of ketones is 1. The largest absolute Gasteiger partial charge is 0.347 e. The van der Waals surface area contributed by atoms with E-state index < -0.39 is 0 Å². The van der Waals surface area contributed by atoms with Crippen molar-refractivity contribution in [1.82, 2.24) is 0 Å². The first-order valence-corrected chi connectivity index (χ1v) is 7.47. The number of allylic oxidation sites excluding steroid dienone is 2. The predicted molar refractivity (Wildman–Crippen MR) is 70.4 cm³/mol. The quantitative estimate of drug-likeness (QED) is 0.673. The third kappa shape index (κ3) is 1.20. The third-order valence-electron chi connectivity index (χ3n) is 6.44. The molecule has 19 heavy (non-hydrogen) atoms. The number of rotatable bonds is 0. The summed E-state index contributed by atoms with van der Waals surface area (Å²) in [5.74, 6) is 0.484. The summed E-state index contributed by atoms with van der Waals surface area (Å²) in [6.45, 7) is 8.09. The number of fused-ring (bicyclic) bond motifs is 2. The van der Waals surface area contributed by atoms with Gasteiger partial charge in [-0.2, -0.15) is 0 Å². The Morgan fingerprint density at radius 2 is 1.89 bits per heavy atom. The average molecular weight is 262 g/mol. The molecule has 3 nitrogen and oxygen atoms in total. The minimum absolute atomic E-state index is 0.0151. The summed E-state index contributed by atoms with van der Waals surface area (Å²) in [5.41, 5.74) is 1.49. The van der Waals surface area contributed by atoms with Crippen molar-refractivity contribution in [2.45, 2.75) is 45.8 Å². The summed E-state index contributed by atoms with van der Waals surface area (Å²) in [6, 6.07) is 0. The molecule has 1 saturated heterocycles. The Bertz CT molecular complexity index is 484. The van der Waals surface area contributed by atoms with Crippen LogP contribution in [0.2, 0.25) is 0 Å². The molecule has 0 N–H and O–H groups in total. The lowest BCUT2D eigenvalue weighted by Crippen LogP contribution is -2.47. The zero-order valence-electron chi connectivity index (χ0n) is 12.0. The number of carbonyl (C=O) groups is 1. The summed E-state index contributed by atoms with van der Waals surface area (Å²) in [4.78, 5) is 12.1. The molecule has 0 aromatic heterocycles. The molecule has 2 bridgehead atoms. The van der Waals surface area contributed by atoms with Crippen LogP contribution >= 0.6 is 0 Å². The van der Waals surface area contributed by atoms with Crippen LogP contribution in [-0.4, -0.2) is 24.8 Å². The smallest absolute Gasteiger partial charge is 0.172 e. The molecule has 3 fully saturated rings. The number of carbonyl (C=O) groups excluding carboxylic acids is 1. The second-order valence-corrected chi connectivity index (χ2v) is 7.33. The molecule has 0 unspecified atom stereocenters. The normalized spacial score (nSPS) is 45.6. The maximum Gasteiger partial charge on any atom is 0.172 e. The first-order valence-electron chi connectivity index (χ1n) is 7.47. The van der Waals surface area contributed by atoms with E-state index in [0.29, 0.717) is 24.9 Å². The number of hydrogen-bond donors (Lipinski definition) is 0. The molecule has 0 radical (unpaired) electrons. The van der Waals surface area contributed by atoms with Gasteiger partial charge in [0.1, 0.15) is 0 Å². The van der Waals surface area contributed by atoms with Gasteiger partial charge in [0.2, 0.25) is 0 Å². The third-order valence-corrected chi connectivity index (χ3v) is 6.44. The summed E-state index contributed by atoms with van der Waals surface area (Å²) in [6.07, 6.45) is 4.97. The van der Waals surface area contributed by atoms with Crippen LogP contribution in [0.3, 0.4) is 0 Å². The maximum atomic E-state index is 12.1. The lowest BCUT2D eigenvalue weighted by atomic mass is 9.66. The van der Waals surface area contributed by atoms with Gasteiger partial charge in [-0.25, -0.2) is 0 Å². The number of ether oxygens (including phenoxy) is 2. The lowest BCUT2D eigenvalue weighted by molar-refractivity contribution is -0.230. The van der Waals surface area contributed by atoms with E-state index in [1.165, 1.54) is 5.57 Å². The van der Waals surface area contributed by atoms with Gasteiger partial charge in [0, 0.05) is 23.7 Å². The van der Waals surface area contributed by atoms with Gasteiger partial charge in [-0.05, 0) is 24.3 Å². The molecular formula is C16H22O3. The average Bonchev–Trinajstić information content (AvgIpc) is 2.97. The monoisotopic (exact) mass is 262 g/mol. The zero-order chi connectivity index (χ0) is 13.5. The predicted octanol–water partition coefficient (Wildman–Crippen LogP) is 2.70. The molecule has 0 aromatic carbocycles. The standard InChI is InChI=1S/C16H22O3/c1-10-11(17)8-12-14(2,3)13-9-15(10,12)4-5-16(13)18-6-7-19-16/h8,10,13H,4-7,9H2,1-3H3/t10-,13+,15-/m0/s1. The maximum absolute atomic E-state index is 12.1. The van der Waals surface area contributed by atoms with Crippen molar-refractivity contribution in [2.24, 2.45) is 22.7 Å². The Kier molecular flexibility index (Phi) is 2.11. The van der Waals surface area contributed by atoms with Gasteiger partial charge in [-0.3, -0.25) is 4.79 Å². The summed E-state index contributed by atoms with van der Waals surface area (Å²) in [7, 11) is 0. The Balaban J connectivity index is 1.85. The highest BCUT2D eigenvalue weighted by molar-refractivity contribution is 5.97. The van der Waals surface area contributed by atoms with E-state index in [1.807, 2.05) is 6.08 Å². The molecule has 0 aromatic rings. The Labute approximate surface area is 114 Å². The Morgan fingerprint density at radius 3 is 2.58 bits per heavy atom. The van der Waals surface area contributed by atoms with Crippen LogP contribution in [0.1, 0.15) is 40.0 Å². The molecule has 2 spiro atoms. The SMILES string of the molecule is C[C@H]1C(=O)C=C2C(C)(C)[C@H]3C[C@]21CCC31OCCO1. The second-order valence-electron chi connectivity index (χ2n) is 7.33. The molecule has 2 saturated carbocycles. The van der Waals surface area contributed by atoms with Crippen LogP contribution in [0.4, 0.5) is 0 Å². The van der Waals surface area contributed by atoms with Gasteiger partial charge in [0.25, 0.3) is 0 Å². The molecular weight excluding hydrogens is 240 g/mol. The minimum Gasteiger partial charge on any atom is -0.347 e. The van der Waals surface area contributed by atoms with Crippen LogP contribution in [-0.2, 0) is 14.3 Å².